The van der Waals surface area contributed by atoms with Crippen LogP contribution in [0.4, 0.5) is 5.69 Å². The van der Waals surface area contributed by atoms with Gasteiger partial charge in [0.1, 0.15) is 0 Å². The van der Waals surface area contributed by atoms with Gasteiger partial charge in [-0.15, -0.1) is 0 Å². The molecule has 0 atom stereocenters. The maximum Gasteiger partial charge on any atom is 0.263 e. The first-order valence-electron chi connectivity index (χ1n) is 6.23. The Hall–Kier alpha value is -2.63. The van der Waals surface area contributed by atoms with Gasteiger partial charge in [-0.1, -0.05) is 6.07 Å². The predicted molar refractivity (Wildman–Crippen MR) is 73.0 cm³/mol. The molecule has 1 aromatic heterocycles. The molecule has 0 radical (unpaired) electrons. The lowest BCUT2D eigenvalue weighted by atomic mass is 10.1. The van der Waals surface area contributed by atoms with Crippen LogP contribution in [0.1, 0.15) is 32.0 Å². The van der Waals surface area contributed by atoms with Crippen molar-refractivity contribution < 1.29 is 9.59 Å². The second-order valence-electron chi connectivity index (χ2n) is 4.85. The quantitative estimate of drug-likeness (QED) is 0.654. The van der Waals surface area contributed by atoms with Crippen molar-refractivity contribution in [2.45, 2.75) is 13.5 Å². The molecule has 6 heteroatoms. The Morgan fingerprint density at radius 2 is 2.00 bits per heavy atom. The van der Waals surface area contributed by atoms with Crippen LogP contribution in [0, 0.1) is 6.92 Å². The normalized spacial score (nSPS) is 14.0. The van der Waals surface area contributed by atoms with Gasteiger partial charge in [-0.2, -0.15) is 5.10 Å². The molecule has 1 aliphatic rings. The molecule has 0 spiro atoms. The summed E-state index contributed by atoms with van der Waals surface area (Å²) >= 11 is 0. The molecular weight excluding hydrogens is 256 g/mol. The molecule has 20 heavy (non-hydrogen) atoms. The third-order valence-corrected chi connectivity index (χ3v) is 3.70. The second kappa shape index (κ2) is 4.19. The zero-order valence-electron chi connectivity index (χ0n) is 11.3. The Kier molecular flexibility index (Phi) is 2.60. The minimum Gasteiger partial charge on any atom is -0.398 e. The third-order valence-electron chi connectivity index (χ3n) is 3.70. The van der Waals surface area contributed by atoms with Crippen molar-refractivity contribution in [3.63, 3.8) is 0 Å². The molecule has 0 aliphatic carbocycles. The molecule has 0 unspecified atom stereocenters. The zero-order valence-corrected chi connectivity index (χ0v) is 11.3. The number of amides is 2. The van der Waals surface area contributed by atoms with Gasteiger partial charge in [0.05, 0.1) is 23.9 Å². The van der Waals surface area contributed by atoms with Gasteiger partial charge in [-0.25, -0.2) is 0 Å². The van der Waals surface area contributed by atoms with Crippen molar-refractivity contribution in [1.29, 1.82) is 0 Å². The molecule has 2 aromatic rings. The van der Waals surface area contributed by atoms with Gasteiger partial charge in [-0.3, -0.25) is 19.2 Å². The van der Waals surface area contributed by atoms with Crippen LogP contribution in [0.25, 0.3) is 0 Å². The molecule has 3 rings (SSSR count). The second-order valence-corrected chi connectivity index (χ2v) is 4.85. The first-order valence-corrected chi connectivity index (χ1v) is 6.23. The number of rotatable bonds is 2. The molecule has 2 N–H and O–H groups in total. The van der Waals surface area contributed by atoms with E-state index in [9.17, 15) is 9.59 Å². The average molecular weight is 270 g/mol. The van der Waals surface area contributed by atoms with E-state index in [4.69, 9.17) is 5.73 Å². The minimum atomic E-state index is -0.341. The summed E-state index contributed by atoms with van der Waals surface area (Å²) in [4.78, 5) is 25.9. The fraction of sp³-hybridized carbons (Fsp3) is 0.214. The molecule has 2 heterocycles. The van der Waals surface area contributed by atoms with Gasteiger partial charge in [0.15, 0.2) is 0 Å². The summed E-state index contributed by atoms with van der Waals surface area (Å²) in [6, 6.07) is 4.93. The molecule has 0 saturated carbocycles. The lowest BCUT2D eigenvalue weighted by Gasteiger charge is -2.13. The molecular formula is C14H14N4O2. The van der Waals surface area contributed by atoms with Crippen LogP contribution >= 0.6 is 0 Å². The largest absolute Gasteiger partial charge is 0.398 e. The van der Waals surface area contributed by atoms with Gasteiger partial charge in [0, 0.05) is 24.0 Å². The zero-order chi connectivity index (χ0) is 14.4. The lowest BCUT2D eigenvalue weighted by Crippen LogP contribution is -2.29. The fourth-order valence-electron chi connectivity index (χ4n) is 2.37. The standard InChI is InChI=1S/C14H14N4O2/c1-8-9(6-16-17(8)2)7-18-13(19)10-4-3-5-11(15)12(10)14(18)20/h3-6H,7,15H2,1-2H3. The van der Waals surface area contributed by atoms with Crippen LogP contribution in [-0.2, 0) is 13.6 Å². The maximum atomic E-state index is 12.3. The van der Waals surface area contributed by atoms with Crippen LogP contribution in [0.5, 0.6) is 0 Å². The Labute approximate surface area is 115 Å². The highest BCUT2D eigenvalue weighted by molar-refractivity contribution is 6.23. The van der Waals surface area contributed by atoms with Gasteiger partial charge >= 0.3 is 0 Å². The number of aryl methyl sites for hydroxylation is 1. The summed E-state index contributed by atoms with van der Waals surface area (Å²) in [5.41, 5.74) is 8.59. The fourth-order valence-corrected chi connectivity index (χ4v) is 2.37. The van der Waals surface area contributed by atoms with Gasteiger partial charge in [-0.05, 0) is 19.1 Å². The number of imide groups is 1. The lowest BCUT2D eigenvalue weighted by molar-refractivity contribution is 0.0642. The van der Waals surface area contributed by atoms with Crippen LogP contribution in [0.3, 0.4) is 0 Å². The van der Waals surface area contributed by atoms with Crippen molar-refractivity contribution in [3.05, 3.63) is 46.8 Å². The Balaban J connectivity index is 1.98. The first kappa shape index (κ1) is 12.4. The van der Waals surface area contributed by atoms with Crippen molar-refractivity contribution in [3.8, 4) is 0 Å². The number of anilines is 1. The van der Waals surface area contributed by atoms with Crippen LogP contribution in [0.2, 0.25) is 0 Å². The molecule has 0 bridgehead atoms. The summed E-state index contributed by atoms with van der Waals surface area (Å²) in [7, 11) is 1.82. The van der Waals surface area contributed by atoms with Crippen molar-refractivity contribution in [2.75, 3.05) is 5.73 Å². The van der Waals surface area contributed by atoms with E-state index in [2.05, 4.69) is 5.10 Å². The van der Waals surface area contributed by atoms with Crippen molar-refractivity contribution in [1.82, 2.24) is 14.7 Å². The van der Waals surface area contributed by atoms with E-state index in [-0.39, 0.29) is 18.4 Å². The number of aromatic nitrogens is 2. The summed E-state index contributed by atoms with van der Waals surface area (Å²) < 4.78 is 1.71. The molecule has 0 fully saturated rings. The summed E-state index contributed by atoms with van der Waals surface area (Å²) in [6.07, 6.45) is 1.67. The number of hydrogen-bond donors (Lipinski definition) is 1. The van der Waals surface area contributed by atoms with Crippen LogP contribution in [0.15, 0.2) is 24.4 Å². The average Bonchev–Trinajstić information content (AvgIpc) is 2.86. The molecule has 1 aromatic carbocycles. The highest BCUT2D eigenvalue weighted by atomic mass is 16.2. The summed E-state index contributed by atoms with van der Waals surface area (Å²) in [6.45, 7) is 2.11. The first-order chi connectivity index (χ1) is 9.50. The van der Waals surface area contributed by atoms with Gasteiger partial charge in [0.2, 0.25) is 0 Å². The number of nitrogens with two attached hydrogens (primary N) is 1. The summed E-state index contributed by atoms with van der Waals surface area (Å²) in [5.74, 6) is -0.646. The number of hydrogen-bond acceptors (Lipinski definition) is 4. The highest BCUT2D eigenvalue weighted by Crippen LogP contribution is 2.28. The van der Waals surface area contributed by atoms with E-state index < -0.39 is 0 Å². The van der Waals surface area contributed by atoms with Crippen molar-refractivity contribution >= 4 is 17.5 Å². The Bertz CT molecular complexity index is 733. The van der Waals surface area contributed by atoms with Crippen LogP contribution in [-0.4, -0.2) is 26.5 Å². The van der Waals surface area contributed by atoms with Crippen LogP contribution < -0.4 is 5.73 Å². The van der Waals surface area contributed by atoms with Crippen molar-refractivity contribution in [2.24, 2.45) is 7.05 Å². The number of fused-ring (bicyclic) bond motifs is 1. The topological polar surface area (TPSA) is 81.2 Å². The smallest absolute Gasteiger partial charge is 0.263 e. The number of carbonyl (C=O) groups excluding carboxylic acids is 2. The van der Waals surface area contributed by atoms with Gasteiger partial charge in [0.25, 0.3) is 11.8 Å². The Morgan fingerprint density at radius 3 is 2.60 bits per heavy atom. The molecule has 102 valence electrons. The summed E-state index contributed by atoms with van der Waals surface area (Å²) in [5, 5.41) is 4.12. The number of nitrogens with zero attached hydrogens (tertiary/aromatic N) is 3. The molecule has 1 aliphatic heterocycles. The van der Waals surface area contributed by atoms with Gasteiger partial charge < -0.3 is 5.73 Å². The van der Waals surface area contributed by atoms with E-state index in [1.165, 1.54) is 4.90 Å². The van der Waals surface area contributed by atoms with E-state index >= 15 is 0 Å². The maximum absolute atomic E-state index is 12.3. The molecule has 2 amide bonds. The molecule has 6 nitrogen and oxygen atoms in total. The SMILES string of the molecule is Cc1c(CN2C(=O)c3cccc(N)c3C2=O)cnn1C. The number of carbonyl (C=O) groups is 2. The highest BCUT2D eigenvalue weighted by Gasteiger charge is 2.37. The predicted octanol–water partition coefficient (Wildman–Crippen LogP) is 1.11. The monoisotopic (exact) mass is 270 g/mol. The third kappa shape index (κ3) is 1.61. The van der Waals surface area contributed by atoms with E-state index in [1.807, 2.05) is 14.0 Å². The Morgan fingerprint density at radius 1 is 1.25 bits per heavy atom. The minimum absolute atomic E-state index is 0.214. The van der Waals surface area contributed by atoms with E-state index in [1.54, 1.807) is 29.1 Å². The van der Waals surface area contributed by atoms with E-state index in [0.29, 0.717) is 16.8 Å². The number of nitrogen functional groups attached to an aromatic ring is 1. The molecule has 0 saturated heterocycles. The van der Waals surface area contributed by atoms with E-state index in [0.717, 1.165) is 11.3 Å². The number of benzene rings is 1.